The Bertz CT molecular complexity index is 611. The lowest BCUT2D eigenvalue weighted by molar-refractivity contribution is 0.453. The van der Waals surface area contributed by atoms with Crippen LogP contribution in [0.2, 0.25) is 0 Å². The average Bonchev–Trinajstić information content (AvgIpc) is 2.38. The van der Waals surface area contributed by atoms with Crippen molar-refractivity contribution in [2.75, 3.05) is 0 Å². The summed E-state index contributed by atoms with van der Waals surface area (Å²) >= 11 is 3.24. The van der Waals surface area contributed by atoms with E-state index in [1.54, 1.807) is 12.3 Å². The molecule has 0 unspecified atom stereocenters. The SMILES string of the molecule is Cc1cc(CNC(C)C)cnc1Oc1cc(F)cc(Br)c1. The Hall–Kier alpha value is -1.46. The largest absolute Gasteiger partial charge is 0.439 e. The summed E-state index contributed by atoms with van der Waals surface area (Å²) < 4.78 is 19.6. The van der Waals surface area contributed by atoms with Crippen LogP contribution in [0.15, 0.2) is 34.9 Å². The van der Waals surface area contributed by atoms with Crippen LogP contribution in [0.3, 0.4) is 0 Å². The van der Waals surface area contributed by atoms with Crippen molar-refractivity contribution >= 4 is 15.9 Å². The summed E-state index contributed by atoms with van der Waals surface area (Å²) in [7, 11) is 0. The van der Waals surface area contributed by atoms with Crippen LogP contribution in [0, 0.1) is 12.7 Å². The molecule has 1 heterocycles. The van der Waals surface area contributed by atoms with Crippen molar-refractivity contribution in [3.63, 3.8) is 0 Å². The fourth-order valence-electron chi connectivity index (χ4n) is 1.85. The first-order chi connectivity index (χ1) is 9.94. The molecular weight excluding hydrogens is 335 g/mol. The molecule has 0 saturated carbocycles. The molecular formula is C16H18BrFN2O. The zero-order valence-corrected chi connectivity index (χ0v) is 13.9. The van der Waals surface area contributed by atoms with Crippen molar-refractivity contribution in [2.45, 2.75) is 33.4 Å². The first-order valence-electron chi connectivity index (χ1n) is 6.77. The van der Waals surface area contributed by atoms with Gasteiger partial charge in [0, 0.05) is 34.9 Å². The molecule has 0 fully saturated rings. The van der Waals surface area contributed by atoms with E-state index in [1.165, 1.54) is 12.1 Å². The Labute approximate surface area is 132 Å². The third kappa shape index (κ3) is 4.79. The highest BCUT2D eigenvalue weighted by Crippen LogP contribution is 2.27. The van der Waals surface area contributed by atoms with Crippen LogP contribution in [0.5, 0.6) is 11.6 Å². The van der Waals surface area contributed by atoms with E-state index in [1.807, 2.05) is 13.0 Å². The smallest absolute Gasteiger partial charge is 0.222 e. The normalized spacial score (nSPS) is 11.0. The summed E-state index contributed by atoms with van der Waals surface area (Å²) in [4.78, 5) is 4.31. The van der Waals surface area contributed by atoms with Crippen molar-refractivity contribution in [3.05, 3.63) is 51.9 Å². The van der Waals surface area contributed by atoms with Crippen LogP contribution >= 0.6 is 15.9 Å². The van der Waals surface area contributed by atoms with Gasteiger partial charge < -0.3 is 10.1 Å². The number of aryl methyl sites for hydroxylation is 1. The van der Waals surface area contributed by atoms with Gasteiger partial charge >= 0.3 is 0 Å². The van der Waals surface area contributed by atoms with Crippen molar-refractivity contribution in [1.29, 1.82) is 0 Å². The van der Waals surface area contributed by atoms with E-state index in [2.05, 4.69) is 40.1 Å². The Kier molecular flexibility index (Phi) is 5.31. The lowest BCUT2D eigenvalue weighted by atomic mass is 10.2. The number of nitrogens with zero attached hydrogens (tertiary/aromatic N) is 1. The zero-order valence-electron chi connectivity index (χ0n) is 12.3. The van der Waals surface area contributed by atoms with Gasteiger partial charge in [-0.1, -0.05) is 29.8 Å². The van der Waals surface area contributed by atoms with Gasteiger partial charge in [-0.05, 0) is 30.7 Å². The van der Waals surface area contributed by atoms with E-state index in [4.69, 9.17) is 4.74 Å². The molecule has 1 aromatic heterocycles. The van der Waals surface area contributed by atoms with E-state index in [-0.39, 0.29) is 5.82 Å². The molecule has 0 spiro atoms. The van der Waals surface area contributed by atoms with Gasteiger partial charge in [0.05, 0.1) is 0 Å². The standard InChI is InChI=1S/C16H18BrFN2O/c1-10(2)19-8-12-4-11(3)16(20-9-12)21-15-6-13(17)5-14(18)7-15/h4-7,9-10,19H,8H2,1-3H3. The second-order valence-electron chi connectivity index (χ2n) is 5.21. The van der Waals surface area contributed by atoms with Crippen LogP contribution in [0.4, 0.5) is 4.39 Å². The number of hydrogen-bond acceptors (Lipinski definition) is 3. The number of ether oxygens (including phenoxy) is 1. The van der Waals surface area contributed by atoms with Crippen molar-refractivity contribution < 1.29 is 9.13 Å². The molecule has 0 aliphatic carbocycles. The molecule has 2 aromatic rings. The minimum absolute atomic E-state index is 0.352. The van der Waals surface area contributed by atoms with E-state index >= 15 is 0 Å². The van der Waals surface area contributed by atoms with Gasteiger partial charge in [-0.25, -0.2) is 9.37 Å². The molecule has 0 aliphatic heterocycles. The molecule has 5 heteroatoms. The third-order valence-electron chi connectivity index (χ3n) is 2.85. The average molecular weight is 353 g/mol. The van der Waals surface area contributed by atoms with Gasteiger partial charge in [-0.2, -0.15) is 0 Å². The molecule has 1 N–H and O–H groups in total. The van der Waals surface area contributed by atoms with Gasteiger partial charge in [-0.15, -0.1) is 0 Å². The number of hydrogen-bond donors (Lipinski definition) is 1. The zero-order chi connectivity index (χ0) is 15.4. The highest BCUT2D eigenvalue weighted by atomic mass is 79.9. The molecule has 3 nitrogen and oxygen atoms in total. The lowest BCUT2D eigenvalue weighted by Crippen LogP contribution is -2.21. The number of rotatable bonds is 5. The Morgan fingerprint density at radius 1 is 1.29 bits per heavy atom. The number of nitrogens with one attached hydrogen (secondary N) is 1. The van der Waals surface area contributed by atoms with E-state index < -0.39 is 0 Å². The molecule has 1 aromatic carbocycles. The Balaban J connectivity index is 2.13. The molecule has 0 amide bonds. The number of halogens is 2. The number of pyridine rings is 1. The fraction of sp³-hybridized carbons (Fsp3) is 0.312. The molecule has 0 bridgehead atoms. The highest BCUT2D eigenvalue weighted by molar-refractivity contribution is 9.10. The maximum atomic E-state index is 13.3. The number of benzene rings is 1. The van der Waals surface area contributed by atoms with Crippen molar-refractivity contribution in [1.82, 2.24) is 10.3 Å². The first kappa shape index (κ1) is 15.9. The number of aromatic nitrogens is 1. The third-order valence-corrected chi connectivity index (χ3v) is 3.31. The van der Waals surface area contributed by atoms with Gasteiger partial charge in [0.1, 0.15) is 11.6 Å². The summed E-state index contributed by atoms with van der Waals surface area (Å²) in [6.45, 7) is 6.88. The molecule has 0 aliphatic rings. The van der Waals surface area contributed by atoms with Gasteiger partial charge in [-0.3, -0.25) is 0 Å². The Morgan fingerprint density at radius 3 is 2.67 bits per heavy atom. The Morgan fingerprint density at radius 2 is 2.05 bits per heavy atom. The summed E-state index contributed by atoms with van der Waals surface area (Å²) in [6, 6.07) is 6.86. The molecule has 0 radical (unpaired) electrons. The van der Waals surface area contributed by atoms with Gasteiger partial charge in [0.2, 0.25) is 5.88 Å². The van der Waals surface area contributed by atoms with Gasteiger partial charge in [0.15, 0.2) is 0 Å². The second kappa shape index (κ2) is 7.00. The minimum atomic E-state index is -0.352. The van der Waals surface area contributed by atoms with Crippen LogP contribution < -0.4 is 10.1 Å². The summed E-state index contributed by atoms with van der Waals surface area (Å²) in [5.74, 6) is 0.557. The molecule has 2 rings (SSSR count). The van der Waals surface area contributed by atoms with E-state index in [0.717, 1.165) is 17.7 Å². The highest BCUT2D eigenvalue weighted by Gasteiger charge is 2.07. The predicted molar refractivity (Wildman–Crippen MR) is 85.1 cm³/mol. The lowest BCUT2D eigenvalue weighted by Gasteiger charge is -2.11. The molecule has 112 valence electrons. The van der Waals surface area contributed by atoms with Gasteiger partial charge in [0.25, 0.3) is 0 Å². The molecule has 21 heavy (non-hydrogen) atoms. The van der Waals surface area contributed by atoms with Crippen molar-refractivity contribution in [3.8, 4) is 11.6 Å². The monoisotopic (exact) mass is 352 g/mol. The topological polar surface area (TPSA) is 34.2 Å². The first-order valence-corrected chi connectivity index (χ1v) is 7.56. The van der Waals surface area contributed by atoms with E-state index in [9.17, 15) is 4.39 Å². The molecule has 0 saturated heterocycles. The quantitative estimate of drug-likeness (QED) is 0.854. The second-order valence-corrected chi connectivity index (χ2v) is 6.12. The van der Waals surface area contributed by atoms with Crippen LogP contribution in [-0.2, 0) is 6.54 Å². The summed E-state index contributed by atoms with van der Waals surface area (Å²) in [5.41, 5.74) is 2.01. The maximum absolute atomic E-state index is 13.3. The predicted octanol–water partition coefficient (Wildman–Crippen LogP) is 4.58. The van der Waals surface area contributed by atoms with Crippen LogP contribution in [0.1, 0.15) is 25.0 Å². The van der Waals surface area contributed by atoms with Crippen LogP contribution in [0.25, 0.3) is 0 Å². The molecule has 0 atom stereocenters. The fourth-order valence-corrected chi connectivity index (χ4v) is 2.29. The maximum Gasteiger partial charge on any atom is 0.222 e. The minimum Gasteiger partial charge on any atom is -0.439 e. The summed E-state index contributed by atoms with van der Waals surface area (Å²) in [5, 5.41) is 3.34. The van der Waals surface area contributed by atoms with Crippen molar-refractivity contribution in [2.24, 2.45) is 0 Å². The van der Waals surface area contributed by atoms with E-state index in [0.29, 0.717) is 22.1 Å². The van der Waals surface area contributed by atoms with Crippen LogP contribution in [-0.4, -0.2) is 11.0 Å². The summed E-state index contributed by atoms with van der Waals surface area (Å²) in [6.07, 6.45) is 1.77.